The van der Waals surface area contributed by atoms with Crippen LogP contribution in [0.4, 0.5) is 0 Å². The molecule has 0 saturated carbocycles. The topological polar surface area (TPSA) is 0 Å². The van der Waals surface area contributed by atoms with Crippen molar-refractivity contribution < 1.29 is 0 Å². The highest BCUT2D eigenvalue weighted by molar-refractivity contribution is 6.19. The normalized spacial score (nSPS) is 11.6. The Morgan fingerprint density at radius 3 is 2.00 bits per heavy atom. The van der Waals surface area contributed by atoms with Crippen LogP contribution >= 0.6 is 11.6 Å². The molecular weight excluding hydrogens is 132 g/mol. The largest absolute Gasteiger partial charge is 0.122 e. The minimum atomic E-state index is 0.339. The lowest BCUT2D eigenvalue weighted by atomic mass is 9.89. The first-order valence-corrected chi connectivity index (χ1v) is 3.72. The molecule has 0 atom stereocenters. The van der Waals surface area contributed by atoms with E-state index in [9.17, 15) is 0 Å². The Hall–Kier alpha value is 0.0300. The monoisotopic (exact) mass is 146 g/mol. The molecule has 0 aromatic heterocycles. The fraction of sp³-hybridized carbons (Fsp3) is 0.750. The number of rotatable bonds is 2. The van der Waals surface area contributed by atoms with Crippen molar-refractivity contribution in [2.24, 2.45) is 5.41 Å². The maximum absolute atomic E-state index is 5.56. The molecule has 0 spiro atoms. The minimum absolute atomic E-state index is 0.339. The third-order valence-corrected chi connectivity index (χ3v) is 1.35. The Kier molecular flexibility index (Phi) is 3.27. The van der Waals surface area contributed by atoms with E-state index in [0.29, 0.717) is 11.3 Å². The molecule has 0 heterocycles. The van der Waals surface area contributed by atoms with E-state index >= 15 is 0 Å². The maximum Gasteiger partial charge on any atom is 0.0431 e. The zero-order chi connectivity index (χ0) is 7.49. The van der Waals surface area contributed by atoms with Crippen LogP contribution in [0.15, 0.2) is 12.2 Å². The van der Waals surface area contributed by atoms with Crippen molar-refractivity contribution in [1.29, 1.82) is 0 Å². The van der Waals surface area contributed by atoms with Crippen molar-refractivity contribution in [2.45, 2.75) is 27.2 Å². The van der Waals surface area contributed by atoms with Crippen molar-refractivity contribution in [1.82, 2.24) is 0 Å². The second kappa shape index (κ2) is 3.26. The summed E-state index contributed by atoms with van der Waals surface area (Å²) in [6, 6.07) is 0. The van der Waals surface area contributed by atoms with Gasteiger partial charge in [-0.2, -0.15) is 0 Å². The average Bonchev–Trinajstić information content (AvgIpc) is 1.62. The first-order valence-electron chi connectivity index (χ1n) is 3.18. The number of alkyl halides is 1. The zero-order valence-corrected chi connectivity index (χ0v) is 7.26. The molecule has 0 aliphatic heterocycles. The second-order valence-corrected chi connectivity index (χ2v) is 3.89. The smallest absolute Gasteiger partial charge is 0.0431 e. The van der Waals surface area contributed by atoms with Gasteiger partial charge in [0.25, 0.3) is 0 Å². The molecule has 0 rings (SSSR count). The predicted molar refractivity (Wildman–Crippen MR) is 43.9 cm³/mol. The van der Waals surface area contributed by atoms with Gasteiger partial charge < -0.3 is 0 Å². The summed E-state index contributed by atoms with van der Waals surface area (Å²) >= 11 is 5.56. The summed E-state index contributed by atoms with van der Waals surface area (Å²) in [5.74, 6) is 0.595. The molecular formula is C8H15Cl. The Bertz CT molecular complexity index is 97.6. The Morgan fingerprint density at radius 1 is 1.44 bits per heavy atom. The standard InChI is InChI=1S/C8H15Cl/c1-7(6-9)5-8(2,3)4/h1,5-6H2,2-4H3. The molecule has 0 radical (unpaired) electrons. The third kappa shape index (κ3) is 5.91. The van der Waals surface area contributed by atoms with Gasteiger partial charge in [-0.15, -0.1) is 11.6 Å². The van der Waals surface area contributed by atoms with E-state index in [-0.39, 0.29) is 0 Å². The van der Waals surface area contributed by atoms with Crippen LogP contribution in [0.5, 0.6) is 0 Å². The lowest BCUT2D eigenvalue weighted by Crippen LogP contribution is -2.06. The van der Waals surface area contributed by atoms with Crippen molar-refractivity contribution in [3.05, 3.63) is 12.2 Å². The summed E-state index contributed by atoms with van der Waals surface area (Å²) in [7, 11) is 0. The van der Waals surface area contributed by atoms with Crippen molar-refractivity contribution >= 4 is 11.6 Å². The van der Waals surface area contributed by atoms with Gasteiger partial charge in [-0.1, -0.05) is 32.9 Å². The Balaban J connectivity index is 3.60. The van der Waals surface area contributed by atoms with Gasteiger partial charge in [0, 0.05) is 5.88 Å². The molecule has 0 saturated heterocycles. The van der Waals surface area contributed by atoms with E-state index in [4.69, 9.17) is 11.6 Å². The number of hydrogen-bond acceptors (Lipinski definition) is 0. The van der Waals surface area contributed by atoms with Crippen LogP contribution in [-0.4, -0.2) is 5.88 Å². The molecule has 0 aromatic carbocycles. The highest BCUT2D eigenvalue weighted by Crippen LogP contribution is 2.23. The summed E-state index contributed by atoms with van der Waals surface area (Å²) < 4.78 is 0. The fourth-order valence-corrected chi connectivity index (χ4v) is 0.892. The molecule has 0 aliphatic carbocycles. The highest BCUT2D eigenvalue weighted by atomic mass is 35.5. The van der Waals surface area contributed by atoms with Crippen molar-refractivity contribution in [2.75, 3.05) is 5.88 Å². The van der Waals surface area contributed by atoms with Crippen molar-refractivity contribution in [3.63, 3.8) is 0 Å². The lowest BCUT2D eigenvalue weighted by molar-refractivity contribution is 0.410. The first kappa shape index (κ1) is 9.03. The molecule has 0 nitrogen and oxygen atoms in total. The van der Waals surface area contributed by atoms with E-state index in [1.807, 2.05) is 0 Å². The van der Waals surface area contributed by atoms with Gasteiger partial charge in [-0.25, -0.2) is 0 Å². The van der Waals surface area contributed by atoms with Crippen LogP contribution in [0.3, 0.4) is 0 Å². The van der Waals surface area contributed by atoms with Gasteiger partial charge >= 0.3 is 0 Å². The molecule has 9 heavy (non-hydrogen) atoms. The summed E-state index contributed by atoms with van der Waals surface area (Å²) in [5, 5.41) is 0. The molecule has 0 N–H and O–H groups in total. The van der Waals surface area contributed by atoms with Gasteiger partial charge in [0.2, 0.25) is 0 Å². The molecule has 0 amide bonds. The van der Waals surface area contributed by atoms with E-state index < -0.39 is 0 Å². The molecule has 0 aliphatic rings. The fourth-order valence-electron chi connectivity index (χ4n) is 0.797. The number of allylic oxidation sites excluding steroid dienone is 1. The van der Waals surface area contributed by atoms with Gasteiger partial charge in [-0.05, 0) is 11.8 Å². The second-order valence-electron chi connectivity index (χ2n) is 3.62. The summed E-state index contributed by atoms with van der Waals surface area (Å²) in [6.07, 6.45) is 1.02. The predicted octanol–water partition coefficient (Wildman–Crippen LogP) is 3.22. The first-order chi connectivity index (χ1) is 3.95. The van der Waals surface area contributed by atoms with E-state index in [1.54, 1.807) is 0 Å². The summed E-state index contributed by atoms with van der Waals surface area (Å²) in [5.41, 5.74) is 1.47. The SMILES string of the molecule is C=C(CCl)CC(C)(C)C. The molecule has 0 fully saturated rings. The highest BCUT2D eigenvalue weighted by Gasteiger charge is 2.10. The third-order valence-electron chi connectivity index (χ3n) is 0.969. The van der Waals surface area contributed by atoms with E-state index in [2.05, 4.69) is 27.4 Å². The van der Waals surface area contributed by atoms with Crippen LogP contribution < -0.4 is 0 Å². The lowest BCUT2D eigenvalue weighted by Gasteiger charge is -2.18. The van der Waals surface area contributed by atoms with Crippen molar-refractivity contribution in [3.8, 4) is 0 Å². The molecule has 0 bridgehead atoms. The quantitative estimate of drug-likeness (QED) is 0.415. The van der Waals surface area contributed by atoms with Gasteiger partial charge in [0.1, 0.15) is 0 Å². The van der Waals surface area contributed by atoms with Crippen LogP contribution in [0.1, 0.15) is 27.2 Å². The molecule has 0 aromatic rings. The molecule has 1 heteroatoms. The van der Waals surface area contributed by atoms with Gasteiger partial charge in [0.15, 0.2) is 0 Å². The van der Waals surface area contributed by atoms with Crippen LogP contribution in [0, 0.1) is 5.41 Å². The zero-order valence-electron chi connectivity index (χ0n) is 6.50. The Labute approximate surface area is 62.9 Å². The summed E-state index contributed by atoms with van der Waals surface area (Å²) in [4.78, 5) is 0. The number of hydrogen-bond donors (Lipinski definition) is 0. The summed E-state index contributed by atoms with van der Waals surface area (Å²) in [6.45, 7) is 10.4. The van der Waals surface area contributed by atoms with Crippen LogP contribution in [-0.2, 0) is 0 Å². The van der Waals surface area contributed by atoms with Crippen LogP contribution in [0.2, 0.25) is 0 Å². The van der Waals surface area contributed by atoms with E-state index in [0.717, 1.165) is 12.0 Å². The average molecular weight is 147 g/mol. The van der Waals surface area contributed by atoms with Gasteiger partial charge in [0.05, 0.1) is 0 Å². The van der Waals surface area contributed by atoms with E-state index in [1.165, 1.54) is 0 Å². The maximum atomic E-state index is 5.56. The molecule has 54 valence electrons. The van der Waals surface area contributed by atoms with Gasteiger partial charge in [-0.3, -0.25) is 0 Å². The van der Waals surface area contributed by atoms with Crippen LogP contribution in [0.25, 0.3) is 0 Å². The Morgan fingerprint density at radius 2 is 1.89 bits per heavy atom. The minimum Gasteiger partial charge on any atom is -0.122 e. The molecule has 0 unspecified atom stereocenters. The number of halogens is 1.